The molecule has 2 heterocycles. The molecule has 1 amide bonds. The SMILES string of the molecule is CNC1COCC1C(=O)N(C)Cc1ccsc1. The molecule has 2 atom stereocenters. The number of carbonyl (C=O) groups is 1. The van der Waals surface area contributed by atoms with Crippen LogP contribution in [0.2, 0.25) is 0 Å². The first-order valence-electron chi connectivity index (χ1n) is 5.73. The van der Waals surface area contributed by atoms with Gasteiger partial charge in [-0.3, -0.25) is 4.79 Å². The summed E-state index contributed by atoms with van der Waals surface area (Å²) in [4.78, 5) is 14.0. The minimum atomic E-state index is -0.0522. The number of likely N-dealkylation sites (N-methyl/N-ethyl adjacent to an activating group) is 1. The molecule has 0 spiro atoms. The average molecular weight is 254 g/mol. The minimum Gasteiger partial charge on any atom is -0.379 e. The van der Waals surface area contributed by atoms with Crippen molar-refractivity contribution >= 4 is 17.2 Å². The van der Waals surface area contributed by atoms with Crippen LogP contribution < -0.4 is 5.32 Å². The van der Waals surface area contributed by atoms with Gasteiger partial charge in [-0.05, 0) is 29.4 Å². The molecule has 1 aliphatic heterocycles. The van der Waals surface area contributed by atoms with Crippen molar-refractivity contribution in [2.45, 2.75) is 12.6 Å². The third-order valence-corrected chi connectivity index (χ3v) is 3.88. The third-order valence-electron chi connectivity index (χ3n) is 3.14. The Balaban J connectivity index is 1.94. The Hall–Kier alpha value is -0.910. The summed E-state index contributed by atoms with van der Waals surface area (Å²) in [5.41, 5.74) is 1.19. The fourth-order valence-electron chi connectivity index (χ4n) is 2.10. The Bertz CT molecular complexity index is 367. The van der Waals surface area contributed by atoms with Gasteiger partial charge >= 0.3 is 0 Å². The van der Waals surface area contributed by atoms with Crippen LogP contribution in [0.1, 0.15) is 5.56 Å². The van der Waals surface area contributed by atoms with Gasteiger partial charge in [-0.15, -0.1) is 0 Å². The van der Waals surface area contributed by atoms with E-state index in [1.54, 1.807) is 16.2 Å². The topological polar surface area (TPSA) is 41.6 Å². The van der Waals surface area contributed by atoms with Gasteiger partial charge in [0.15, 0.2) is 0 Å². The van der Waals surface area contributed by atoms with Crippen molar-refractivity contribution in [1.82, 2.24) is 10.2 Å². The van der Waals surface area contributed by atoms with Crippen LogP contribution in [0.3, 0.4) is 0 Å². The second kappa shape index (κ2) is 5.62. The van der Waals surface area contributed by atoms with Crippen molar-refractivity contribution in [2.75, 3.05) is 27.3 Å². The molecule has 4 nitrogen and oxygen atoms in total. The van der Waals surface area contributed by atoms with E-state index in [-0.39, 0.29) is 17.9 Å². The first kappa shape index (κ1) is 12.5. The van der Waals surface area contributed by atoms with Crippen LogP contribution in [-0.2, 0) is 16.1 Å². The average Bonchev–Trinajstić information content (AvgIpc) is 2.97. The highest BCUT2D eigenvalue weighted by atomic mass is 32.1. The van der Waals surface area contributed by atoms with E-state index in [4.69, 9.17) is 4.74 Å². The van der Waals surface area contributed by atoms with E-state index in [0.29, 0.717) is 19.8 Å². The van der Waals surface area contributed by atoms with E-state index in [1.165, 1.54) is 5.56 Å². The molecular weight excluding hydrogens is 236 g/mol. The van der Waals surface area contributed by atoms with Crippen LogP contribution in [0.5, 0.6) is 0 Å². The maximum absolute atomic E-state index is 12.3. The fraction of sp³-hybridized carbons (Fsp3) is 0.583. The standard InChI is InChI=1S/C12H18N2O2S/c1-13-11-7-16-6-10(11)12(15)14(2)5-9-3-4-17-8-9/h3-4,8,10-11,13H,5-7H2,1-2H3. The zero-order valence-electron chi connectivity index (χ0n) is 10.2. The number of thiophene rings is 1. The van der Waals surface area contributed by atoms with Gasteiger partial charge in [-0.25, -0.2) is 0 Å². The number of nitrogens with one attached hydrogen (secondary N) is 1. The van der Waals surface area contributed by atoms with Gasteiger partial charge in [0, 0.05) is 19.6 Å². The Kier molecular flexibility index (Phi) is 4.15. The van der Waals surface area contributed by atoms with E-state index in [0.717, 1.165) is 0 Å². The summed E-state index contributed by atoms with van der Waals surface area (Å²) in [6, 6.07) is 2.20. The van der Waals surface area contributed by atoms with Gasteiger partial charge < -0.3 is 15.0 Å². The summed E-state index contributed by atoms with van der Waals surface area (Å²) in [7, 11) is 3.73. The van der Waals surface area contributed by atoms with E-state index in [2.05, 4.69) is 16.8 Å². The maximum atomic E-state index is 12.3. The molecule has 0 saturated carbocycles. The molecule has 5 heteroatoms. The highest BCUT2D eigenvalue weighted by Gasteiger charge is 2.34. The first-order valence-corrected chi connectivity index (χ1v) is 6.67. The molecule has 1 aliphatic rings. The normalized spacial score (nSPS) is 23.9. The van der Waals surface area contributed by atoms with Crippen LogP contribution >= 0.6 is 11.3 Å². The summed E-state index contributed by atoms with van der Waals surface area (Å²) >= 11 is 1.66. The second-order valence-corrected chi connectivity index (χ2v) is 5.15. The Morgan fingerprint density at radius 2 is 2.47 bits per heavy atom. The number of amides is 1. The monoisotopic (exact) mass is 254 g/mol. The Morgan fingerprint density at radius 1 is 1.65 bits per heavy atom. The van der Waals surface area contributed by atoms with Gasteiger partial charge in [-0.2, -0.15) is 11.3 Å². The molecule has 1 aromatic heterocycles. The predicted octanol–water partition coefficient (Wildman–Crippen LogP) is 0.941. The van der Waals surface area contributed by atoms with Crippen molar-refractivity contribution in [2.24, 2.45) is 5.92 Å². The molecule has 0 radical (unpaired) electrons. The van der Waals surface area contributed by atoms with Crippen molar-refractivity contribution in [3.8, 4) is 0 Å². The number of nitrogens with zero attached hydrogens (tertiary/aromatic N) is 1. The number of hydrogen-bond acceptors (Lipinski definition) is 4. The van der Waals surface area contributed by atoms with Gasteiger partial charge in [0.25, 0.3) is 0 Å². The quantitative estimate of drug-likeness (QED) is 0.869. The van der Waals surface area contributed by atoms with E-state index >= 15 is 0 Å². The van der Waals surface area contributed by atoms with Crippen LogP contribution in [0, 0.1) is 5.92 Å². The highest BCUT2D eigenvalue weighted by molar-refractivity contribution is 7.07. The zero-order chi connectivity index (χ0) is 12.3. The molecule has 0 bridgehead atoms. The van der Waals surface area contributed by atoms with Crippen molar-refractivity contribution in [1.29, 1.82) is 0 Å². The lowest BCUT2D eigenvalue weighted by atomic mass is 10.0. The molecular formula is C12H18N2O2S. The molecule has 1 saturated heterocycles. The Labute approximate surface area is 106 Å². The lowest BCUT2D eigenvalue weighted by molar-refractivity contribution is -0.135. The van der Waals surface area contributed by atoms with Crippen LogP contribution in [0.25, 0.3) is 0 Å². The van der Waals surface area contributed by atoms with Gasteiger partial charge in [-0.1, -0.05) is 0 Å². The zero-order valence-corrected chi connectivity index (χ0v) is 11.0. The van der Waals surface area contributed by atoms with Gasteiger partial charge in [0.1, 0.15) is 0 Å². The van der Waals surface area contributed by atoms with Crippen LogP contribution in [-0.4, -0.2) is 44.2 Å². The smallest absolute Gasteiger partial charge is 0.229 e. The minimum absolute atomic E-state index is 0.0522. The molecule has 1 aromatic rings. The molecule has 2 unspecified atom stereocenters. The van der Waals surface area contributed by atoms with Crippen molar-refractivity contribution in [3.05, 3.63) is 22.4 Å². The molecule has 0 aliphatic carbocycles. The van der Waals surface area contributed by atoms with Crippen molar-refractivity contribution < 1.29 is 9.53 Å². The van der Waals surface area contributed by atoms with E-state index in [9.17, 15) is 4.79 Å². The maximum Gasteiger partial charge on any atom is 0.229 e. The summed E-state index contributed by atoms with van der Waals surface area (Å²) < 4.78 is 5.36. The summed E-state index contributed by atoms with van der Waals surface area (Å²) in [6.07, 6.45) is 0. The lowest BCUT2D eigenvalue weighted by Gasteiger charge is -2.23. The highest BCUT2D eigenvalue weighted by Crippen LogP contribution is 2.17. The van der Waals surface area contributed by atoms with E-state index < -0.39 is 0 Å². The van der Waals surface area contributed by atoms with Gasteiger partial charge in [0.2, 0.25) is 5.91 Å². The number of hydrogen-bond donors (Lipinski definition) is 1. The summed E-state index contributed by atoms with van der Waals surface area (Å²) in [6.45, 7) is 1.83. The largest absolute Gasteiger partial charge is 0.379 e. The number of rotatable bonds is 4. The molecule has 0 aromatic carbocycles. The first-order chi connectivity index (χ1) is 8.22. The number of carbonyl (C=O) groups excluding carboxylic acids is 1. The molecule has 2 rings (SSSR count). The van der Waals surface area contributed by atoms with Crippen LogP contribution in [0.15, 0.2) is 16.8 Å². The second-order valence-electron chi connectivity index (χ2n) is 4.37. The van der Waals surface area contributed by atoms with E-state index in [1.807, 2.05) is 19.5 Å². The van der Waals surface area contributed by atoms with Gasteiger partial charge in [0.05, 0.1) is 19.1 Å². The number of ether oxygens (including phenoxy) is 1. The molecule has 1 N–H and O–H groups in total. The summed E-state index contributed by atoms with van der Waals surface area (Å²) in [5, 5.41) is 7.24. The fourth-order valence-corrected chi connectivity index (χ4v) is 2.76. The lowest BCUT2D eigenvalue weighted by Crippen LogP contribution is -2.43. The summed E-state index contributed by atoms with van der Waals surface area (Å²) in [5.74, 6) is 0.108. The van der Waals surface area contributed by atoms with Crippen LogP contribution in [0.4, 0.5) is 0 Å². The van der Waals surface area contributed by atoms with Crippen molar-refractivity contribution in [3.63, 3.8) is 0 Å². The molecule has 1 fully saturated rings. The third kappa shape index (κ3) is 2.86. The molecule has 94 valence electrons. The molecule has 17 heavy (non-hydrogen) atoms. The Morgan fingerprint density at radius 3 is 3.12 bits per heavy atom. The predicted molar refractivity (Wildman–Crippen MR) is 67.9 cm³/mol.